The van der Waals surface area contributed by atoms with E-state index in [9.17, 15) is 24.6 Å². The van der Waals surface area contributed by atoms with Crippen LogP contribution in [0.1, 0.15) is 43.4 Å². The summed E-state index contributed by atoms with van der Waals surface area (Å²) in [5.41, 5.74) is 4.10. The van der Waals surface area contributed by atoms with Gasteiger partial charge in [-0.1, -0.05) is 54.6 Å². The van der Waals surface area contributed by atoms with Crippen LogP contribution >= 0.6 is 0 Å². The Morgan fingerprint density at radius 3 is 2.05 bits per heavy atom. The van der Waals surface area contributed by atoms with Gasteiger partial charge in [0.2, 0.25) is 0 Å². The van der Waals surface area contributed by atoms with Gasteiger partial charge in [-0.25, -0.2) is 14.4 Å². The molecule has 1 atom stereocenters. The second kappa shape index (κ2) is 11.6. The first-order valence-corrected chi connectivity index (χ1v) is 12.9. The van der Waals surface area contributed by atoms with E-state index in [0.29, 0.717) is 5.56 Å². The zero-order valence-corrected chi connectivity index (χ0v) is 22.8. The van der Waals surface area contributed by atoms with Crippen LogP contribution in [0.4, 0.5) is 21.0 Å². The predicted molar refractivity (Wildman–Crippen MR) is 151 cm³/mol. The number of amides is 2. The molecular weight excluding hydrogens is 514 g/mol. The Labute approximate surface area is 232 Å². The van der Waals surface area contributed by atoms with E-state index in [0.717, 1.165) is 22.3 Å². The fourth-order valence-electron chi connectivity index (χ4n) is 4.81. The van der Waals surface area contributed by atoms with Gasteiger partial charge < -0.3 is 30.3 Å². The minimum absolute atomic E-state index is 0.0285. The highest BCUT2D eigenvalue weighted by molar-refractivity contribution is 5.93. The Hall–Kier alpha value is -4.73. The lowest BCUT2D eigenvalue weighted by atomic mass is 9.98. The van der Waals surface area contributed by atoms with E-state index in [2.05, 4.69) is 16.0 Å². The monoisotopic (exact) mass is 547 g/mol. The number of anilines is 2. The first kappa shape index (κ1) is 28.3. The molecule has 5 N–H and O–H groups in total. The summed E-state index contributed by atoms with van der Waals surface area (Å²) in [4.78, 5) is 37.4. The quantitative estimate of drug-likeness (QED) is 0.238. The van der Waals surface area contributed by atoms with E-state index >= 15 is 0 Å². The molecule has 210 valence electrons. The molecule has 0 radical (unpaired) electrons. The van der Waals surface area contributed by atoms with Gasteiger partial charge in [-0.15, -0.1) is 0 Å². The minimum Gasteiger partial charge on any atom is -0.506 e. The van der Waals surface area contributed by atoms with Gasteiger partial charge in [-0.3, -0.25) is 5.32 Å². The van der Waals surface area contributed by atoms with Crippen LogP contribution < -0.4 is 16.0 Å². The Balaban J connectivity index is 1.49. The van der Waals surface area contributed by atoms with Gasteiger partial charge in [0.05, 0.1) is 5.69 Å². The maximum atomic E-state index is 12.8. The molecule has 0 saturated heterocycles. The van der Waals surface area contributed by atoms with Crippen LogP contribution in [0.15, 0.2) is 60.7 Å². The topological polar surface area (TPSA) is 146 Å². The van der Waals surface area contributed by atoms with Crippen molar-refractivity contribution in [2.45, 2.75) is 44.8 Å². The Kier molecular flexibility index (Phi) is 8.18. The molecule has 0 unspecified atom stereocenters. The Morgan fingerprint density at radius 2 is 1.50 bits per heavy atom. The Morgan fingerprint density at radius 1 is 0.900 bits per heavy atom. The summed E-state index contributed by atoms with van der Waals surface area (Å²) in [6, 6.07) is 17.3. The minimum atomic E-state index is -1.39. The van der Waals surface area contributed by atoms with Crippen molar-refractivity contribution in [3.63, 3.8) is 0 Å². The van der Waals surface area contributed by atoms with Crippen LogP contribution in [0.3, 0.4) is 0 Å². The number of phenols is 1. The third-order valence-corrected chi connectivity index (χ3v) is 6.50. The van der Waals surface area contributed by atoms with Gasteiger partial charge in [0.1, 0.15) is 29.7 Å². The second-order valence-corrected chi connectivity index (χ2v) is 10.4. The van der Waals surface area contributed by atoms with E-state index in [4.69, 9.17) is 9.47 Å². The molecule has 0 bridgehead atoms. The van der Waals surface area contributed by atoms with E-state index < -0.39 is 29.8 Å². The smallest absolute Gasteiger partial charge is 0.412 e. The predicted octanol–water partition coefficient (Wildman–Crippen LogP) is 5.32. The fourth-order valence-corrected chi connectivity index (χ4v) is 4.81. The highest BCUT2D eigenvalue weighted by atomic mass is 16.6. The highest BCUT2D eigenvalue weighted by Gasteiger charge is 2.30. The van der Waals surface area contributed by atoms with E-state index in [1.165, 1.54) is 12.1 Å². The zero-order chi connectivity index (χ0) is 29.0. The summed E-state index contributed by atoms with van der Waals surface area (Å²) in [7, 11) is 1.54. The fraction of sp³-hybridized carbons (Fsp3) is 0.300. The van der Waals surface area contributed by atoms with Crippen molar-refractivity contribution in [3.05, 3.63) is 77.4 Å². The Bertz CT molecular complexity index is 1390. The third kappa shape index (κ3) is 6.28. The van der Waals surface area contributed by atoms with Crippen molar-refractivity contribution in [1.29, 1.82) is 0 Å². The lowest BCUT2D eigenvalue weighted by molar-refractivity contribution is -0.139. The number of hydrogen-bond donors (Lipinski definition) is 5. The third-order valence-electron chi connectivity index (χ3n) is 6.50. The summed E-state index contributed by atoms with van der Waals surface area (Å²) in [6.45, 7) is 5.13. The summed E-state index contributed by atoms with van der Waals surface area (Å²) in [5, 5.41) is 28.0. The first-order valence-electron chi connectivity index (χ1n) is 12.9. The van der Waals surface area contributed by atoms with Gasteiger partial charge in [0, 0.05) is 19.4 Å². The number of rotatable bonds is 8. The molecule has 0 fully saturated rings. The number of alkyl carbamates (subject to hydrolysis) is 1. The molecule has 3 aromatic rings. The summed E-state index contributed by atoms with van der Waals surface area (Å²) in [5.74, 6) is -1.63. The number of aromatic hydroxyl groups is 1. The summed E-state index contributed by atoms with van der Waals surface area (Å²) in [6.07, 6.45) is -1.88. The zero-order valence-electron chi connectivity index (χ0n) is 22.8. The summed E-state index contributed by atoms with van der Waals surface area (Å²) >= 11 is 0. The molecule has 0 aromatic heterocycles. The number of carboxylic acid groups (broad SMARTS) is 1. The van der Waals surface area contributed by atoms with Gasteiger partial charge in [0.15, 0.2) is 0 Å². The lowest BCUT2D eigenvalue weighted by Gasteiger charge is -2.23. The molecular formula is C30H33N3O7. The summed E-state index contributed by atoms with van der Waals surface area (Å²) < 4.78 is 10.8. The molecule has 2 amide bonds. The van der Waals surface area contributed by atoms with Crippen molar-refractivity contribution < 1.29 is 34.1 Å². The number of benzene rings is 3. The van der Waals surface area contributed by atoms with E-state index in [-0.39, 0.29) is 36.1 Å². The van der Waals surface area contributed by atoms with Crippen LogP contribution in [0.25, 0.3) is 11.1 Å². The van der Waals surface area contributed by atoms with Crippen LogP contribution in [-0.4, -0.2) is 53.7 Å². The van der Waals surface area contributed by atoms with Crippen LogP contribution in [0.2, 0.25) is 0 Å². The van der Waals surface area contributed by atoms with E-state index in [1.807, 2.05) is 48.5 Å². The maximum Gasteiger partial charge on any atom is 0.412 e. The number of hydrogen-bond acceptors (Lipinski definition) is 7. The molecule has 0 spiro atoms. The van der Waals surface area contributed by atoms with E-state index in [1.54, 1.807) is 27.8 Å². The van der Waals surface area contributed by atoms with Crippen molar-refractivity contribution >= 4 is 29.5 Å². The highest BCUT2D eigenvalue weighted by Crippen LogP contribution is 2.44. The molecule has 1 aliphatic rings. The number of carbonyl (C=O) groups excluding carboxylic acids is 2. The van der Waals surface area contributed by atoms with Crippen molar-refractivity contribution in [3.8, 4) is 16.9 Å². The van der Waals surface area contributed by atoms with Crippen LogP contribution in [-0.2, 0) is 20.7 Å². The molecule has 10 nitrogen and oxygen atoms in total. The lowest BCUT2D eigenvalue weighted by Crippen LogP contribution is -2.43. The number of ether oxygens (including phenoxy) is 2. The van der Waals surface area contributed by atoms with Gasteiger partial charge >= 0.3 is 18.2 Å². The first-order chi connectivity index (χ1) is 19.0. The normalized spacial score (nSPS) is 13.0. The SMILES string of the molecule is CNc1c(O)ccc(C[C@H](NC(=O)OCC2c3ccccc3-c3ccccc32)C(=O)O)c1NC(=O)OC(C)(C)C. The molecule has 40 heavy (non-hydrogen) atoms. The molecule has 10 heteroatoms. The molecule has 0 aliphatic heterocycles. The number of carboxylic acids is 1. The molecule has 3 aromatic carbocycles. The number of carbonyl (C=O) groups is 3. The van der Waals surface area contributed by atoms with Crippen LogP contribution in [0.5, 0.6) is 5.75 Å². The number of phenolic OH excluding ortho intramolecular Hbond substituents is 1. The van der Waals surface area contributed by atoms with Crippen molar-refractivity contribution in [1.82, 2.24) is 5.32 Å². The van der Waals surface area contributed by atoms with Crippen molar-refractivity contribution in [2.75, 3.05) is 24.3 Å². The molecule has 0 heterocycles. The molecule has 1 aliphatic carbocycles. The standard InChI is InChI=1S/C30H33N3O7/c1-30(2,3)40-29(38)33-25-17(13-14-24(34)26(25)31-4)15-23(27(35)36)32-28(37)39-16-22-20-11-7-5-9-18(20)19-10-6-8-12-21(19)22/h5-14,22-23,31,34H,15-16H2,1-4H3,(H,32,37)(H,33,38)(H,35,36)/t23-/m0/s1. The largest absolute Gasteiger partial charge is 0.506 e. The van der Waals surface area contributed by atoms with Crippen LogP contribution in [0, 0.1) is 0 Å². The maximum absolute atomic E-state index is 12.8. The molecule has 0 saturated carbocycles. The molecule has 4 rings (SSSR count). The average Bonchev–Trinajstić information content (AvgIpc) is 3.21. The van der Waals surface area contributed by atoms with Crippen molar-refractivity contribution in [2.24, 2.45) is 0 Å². The number of fused-ring (bicyclic) bond motifs is 3. The average molecular weight is 548 g/mol. The number of nitrogens with one attached hydrogen (secondary N) is 3. The number of aliphatic carboxylic acids is 1. The van der Waals surface area contributed by atoms with Gasteiger partial charge in [-0.2, -0.15) is 0 Å². The van der Waals surface area contributed by atoms with Gasteiger partial charge in [-0.05, 0) is 54.7 Å². The van der Waals surface area contributed by atoms with Gasteiger partial charge in [0.25, 0.3) is 0 Å². The second-order valence-electron chi connectivity index (χ2n) is 10.4.